The molecule has 3 rings (SSSR count). The maximum atomic E-state index is 12.9. The molecule has 0 aliphatic heterocycles. The molecule has 1 aromatic heterocycles. The monoisotopic (exact) mass is 326 g/mol. The number of aromatic nitrogens is 3. The van der Waals surface area contributed by atoms with Crippen molar-refractivity contribution in [3.63, 3.8) is 0 Å². The molecule has 0 amide bonds. The van der Waals surface area contributed by atoms with Gasteiger partial charge in [-0.1, -0.05) is 0 Å². The van der Waals surface area contributed by atoms with Gasteiger partial charge in [-0.2, -0.15) is 5.10 Å². The Hall–Kier alpha value is -3.22. The summed E-state index contributed by atoms with van der Waals surface area (Å²) in [6, 6.07) is 11.5. The maximum Gasteiger partial charge on any atom is 0.141 e. The average Bonchev–Trinajstić information content (AvgIpc) is 3.13. The van der Waals surface area contributed by atoms with E-state index in [0.717, 1.165) is 11.1 Å². The summed E-state index contributed by atoms with van der Waals surface area (Å²) < 4.78 is 25.4. The van der Waals surface area contributed by atoms with Crippen molar-refractivity contribution < 1.29 is 13.9 Å². The van der Waals surface area contributed by atoms with Gasteiger partial charge in [0.25, 0.3) is 0 Å². The molecular weight excluding hydrogens is 311 g/mol. The summed E-state index contributed by atoms with van der Waals surface area (Å²) in [5.41, 5.74) is 1.73. The second-order valence-corrected chi connectivity index (χ2v) is 4.90. The van der Waals surface area contributed by atoms with Crippen LogP contribution in [-0.4, -0.2) is 28.2 Å². The Morgan fingerprint density at radius 2 is 1.88 bits per heavy atom. The fraction of sp³-hybridized carbons (Fsp3) is 0.118. The zero-order valence-corrected chi connectivity index (χ0v) is 13.0. The largest absolute Gasteiger partial charge is 0.496 e. The molecule has 0 fully saturated rings. The van der Waals surface area contributed by atoms with Gasteiger partial charge >= 0.3 is 0 Å². The SMILES string of the molecule is COc1ccc(/C=N\n2cnnc2)cc1COc1ccc(F)cc1. The molecule has 1 heterocycles. The fourth-order valence-electron chi connectivity index (χ4n) is 2.07. The Morgan fingerprint density at radius 3 is 2.58 bits per heavy atom. The van der Waals surface area contributed by atoms with Crippen LogP contribution in [0.4, 0.5) is 4.39 Å². The Balaban J connectivity index is 1.75. The first kappa shape index (κ1) is 15.7. The third-order valence-corrected chi connectivity index (χ3v) is 3.26. The van der Waals surface area contributed by atoms with Crippen LogP contribution in [0.15, 0.2) is 60.2 Å². The summed E-state index contributed by atoms with van der Waals surface area (Å²) in [4.78, 5) is 0. The van der Waals surface area contributed by atoms with Crippen molar-refractivity contribution >= 4 is 6.21 Å². The molecule has 0 unspecified atom stereocenters. The molecule has 3 aromatic rings. The van der Waals surface area contributed by atoms with E-state index in [1.54, 1.807) is 25.5 Å². The number of benzene rings is 2. The topological polar surface area (TPSA) is 61.5 Å². The molecule has 6 nitrogen and oxygen atoms in total. The van der Waals surface area contributed by atoms with Gasteiger partial charge in [0.2, 0.25) is 0 Å². The van der Waals surface area contributed by atoms with Crippen molar-refractivity contribution in [1.82, 2.24) is 14.9 Å². The molecular formula is C17H15FN4O2. The molecule has 0 aliphatic rings. The Kier molecular flexibility index (Phi) is 4.81. The van der Waals surface area contributed by atoms with E-state index < -0.39 is 0 Å². The molecule has 0 saturated carbocycles. The fourth-order valence-corrected chi connectivity index (χ4v) is 2.07. The zero-order valence-electron chi connectivity index (χ0n) is 13.0. The van der Waals surface area contributed by atoms with Crippen molar-refractivity contribution in [2.45, 2.75) is 6.61 Å². The molecule has 0 bridgehead atoms. The summed E-state index contributed by atoms with van der Waals surface area (Å²) in [6.45, 7) is 0.295. The third kappa shape index (κ3) is 3.95. The number of halogens is 1. The first-order chi connectivity index (χ1) is 11.7. The van der Waals surface area contributed by atoms with Gasteiger partial charge < -0.3 is 9.47 Å². The highest BCUT2D eigenvalue weighted by molar-refractivity contribution is 5.80. The number of hydrogen-bond acceptors (Lipinski definition) is 5. The number of rotatable bonds is 6. The van der Waals surface area contributed by atoms with E-state index in [1.165, 1.54) is 29.5 Å². The van der Waals surface area contributed by atoms with E-state index in [2.05, 4.69) is 15.3 Å². The lowest BCUT2D eigenvalue weighted by Crippen LogP contribution is -2.00. The molecule has 0 aliphatic carbocycles. The van der Waals surface area contributed by atoms with Crippen molar-refractivity contribution in [2.24, 2.45) is 5.10 Å². The Labute approximate surface area is 138 Å². The normalized spacial score (nSPS) is 10.9. The molecule has 7 heteroatoms. The van der Waals surface area contributed by atoms with Crippen molar-refractivity contribution in [2.75, 3.05) is 7.11 Å². The second-order valence-electron chi connectivity index (χ2n) is 4.90. The molecule has 0 atom stereocenters. The highest BCUT2D eigenvalue weighted by atomic mass is 19.1. The van der Waals surface area contributed by atoms with E-state index in [9.17, 15) is 4.39 Å². The smallest absolute Gasteiger partial charge is 0.141 e. The number of hydrogen-bond donors (Lipinski definition) is 0. The first-order valence-electron chi connectivity index (χ1n) is 7.19. The van der Waals surface area contributed by atoms with Crippen LogP contribution in [0, 0.1) is 5.82 Å². The number of ether oxygens (including phenoxy) is 2. The summed E-state index contributed by atoms with van der Waals surface area (Å²) in [6.07, 6.45) is 4.68. The summed E-state index contributed by atoms with van der Waals surface area (Å²) in [5, 5.41) is 11.6. The third-order valence-electron chi connectivity index (χ3n) is 3.26. The summed E-state index contributed by atoms with van der Waals surface area (Å²) >= 11 is 0. The average molecular weight is 326 g/mol. The molecule has 0 radical (unpaired) electrons. The minimum Gasteiger partial charge on any atom is -0.496 e. The van der Waals surface area contributed by atoms with Gasteiger partial charge in [0.15, 0.2) is 0 Å². The van der Waals surface area contributed by atoms with Crippen molar-refractivity contribution in [3.8, 4) is 11.5 Å². The molecule has 122 valence electrons. The number of methoxy groups -OCH3 is 1. The standard InChI is InChI=1S/C17H15FN4O2/c1-23-17-7-2-13(9-21-22-11-19-20-12-22)8-14(17)10-24-16-5-3-15(18)4-6-16/h2-9,11-12H,10H2,1H3/b21-9-. The molecule has 0 spiro atoms. The minimum absolute atomic E-state index is 0.295. The lowest BCUT2D eigenvalue weighted by atomic mass is 10.1. The van der Waals surface area contributed by atoms with Gasteiger partial charge in [-0.3, -0.25) is 0 Å². The summed E-state index contributed by atoms with van der Waals surface area (Å²) in [5.74, 6) is 0.993. The van der Waals surface area contributed by atoms with Gasteiger partial charge in [-0.25, -0.2) is 9.07 Å². The van der Waals surface area contributed by atoms with Crippen LogP contribution >= 0.6 is 0 Å². The highest BCUT2D eigenvalue weighted by Crippen LogP contribution is 2.22. The van der Waals surface area contributed by atoms with Crippen LogP contribution < -0.4 is 9.47 Å². The van der Waals surface area contributed by atoms with Gasteiger partial charge in [-0.15, -0.1) is 10.2 Å². The van der Waals surface area contributed by atoms with Crippen LogP contribution in [0.25, 0.3) is 0 Å². The van der Waals surface area contributed by atoms with Crippen molar-refractivity contribution in [1.29, 1.82) is 0 Å². The van der Waals surface area contributed by atoms with Crippen LogP contribution in [0.5, 0.6) is 11.5 Å². The van der Waals surface area contributed by atoms with Gasteiger partial charge in [0, 0.05) is 5.56 Å². The Bertz CT molecular complexity index is 817. The van der Waals surface area contributed by atoms with Gasteiger partial charge in [0.1, 0.15) is 36.6 Å². The van der Waals surface area contributed by atoms with E-state index in [1.807, 2.05) is 18.2 Å². The summed E-state index contributed by atoms with van der Waals surface area (Å²) in [7, 11) is 1.60. The van der Waals surface area contributed by atoms with Crippen LogP contribution in [-0.2, 0) is 6.61 Å². The predicted molar refractivity (Wildman–Crippen MR) is 86.7 cm³/mol. The molecule has 2 aromatic carbocycles. The van der Waals surface area contributed by atoms with Crippen molar-refractivity contribution in [3.05, 3.63) is 72.1 Å². The zero-order chi connectivity index (χ0) is 16.8. The quantitative estimate of drug-likeness (QED) is 0.654. The van der Waals surface area contributed by atoms with E-state index in [4.69, 9.17) is 9.47 Å². The Morgan fingerprint density at radius 1 is 1.12 bits per heavy atom. The minimum atomic E-state index is -0.299. The van der Waals surface area contributed by atoms with E-state index >= 15 is 0 Å². The lowest BCUT2D eigenvalue weighted by Gasteiger charge is -2.11. The second kappa shape index (κ2) is 7.36. The molecule has 24 heavy (non-hydrogen) atoms. The van der Waals surface area contributed by atoms with Crippen LogP contribution in [0.1, 0.15) is 11.1 Å². The molecule has 0 N–H and O–H groups in total. The number of nitrogens with zero attached hydrogens (tertiary/aromatic N) is 4. The van der Waals surface area contributed by atoms with Crippen LogP contribution in [0.3, 0.4) is 0 Å². The van der Waals surface area contributed by atoms with E-state index in [0.29, 0.717) is 18.1 Å². The van der Waals surface area contributed by atoms with Gasteiger partial charge in [0.05, 0.1) is 13.3 Å². The predicted octanol–water partition coefficient (Wildman–Crippen LogP) is 2.89. The van der Waals surface area contributed by atoms with Crippen LogP contribution in [0.2, 0.25) is 0 Å². The lowest BCUT2D eigenvalue weighted by molar-refractivity contribution is 0.296. The first-order valence-corrected chi connectivity index (χ1v) is 7.19. The highest BCUT2D eigenvalue weighted by Gasteiger charge is 2.05. The van der Waals surface area contributed by atoms with E-state index in [-0.39, 0.29) is 5.82 Å². The maximum absolute atomic E-state index is 12.9. The molecule has 0 saturated heterocycles. The van der Waals surface area contributed by atoms with Gasteiger partial charge in [-0.05, 0) is 48.0 Å².